The summed E-state index contributed by atoms with van der Waals surface area (Å²) in [6, 6.07) is 13.2. The van der Waals surface area contributed by atoms with Crippen LogP contribution in [0.25, 0.3) is 0 Å². The van der Waals surface area contributed by atoms with Gasteiger partial charge in [-0.15, -0.1) is 0 Å². The number of hydrogen-bond acceptors (Lipinski definition) is 4. The van der Waals surface area contributed by atoms with Crippen LogP contribution in [0.3, 0.4) is 0 Å². The van der Waals surface area contributed by atoms with E-state index in [4.69, 9.17) is 4.52 Å². The van der Waals surface area contributed by atoms with Crippen molar-refractivity contribution >= 4 is 23.3 Å². The highest BCUT2D eigenvalue weighted by Crippen LogP contribution is 2.13. The van der Waals surface area contributed by atoms with E-state index in [-0.39, 0.29) is 17.6 Å². The molecule has 2 N–H and O–H groups in total. The molecule has 0 saturated carbocycles. The number of aryl methyl sites for hydroxylation is 1. The highest BCUT2D eigenvalue weighted by Gasteiger charge is 2.11. The number of halogens is 1. The number of hydrogen-bond donors (Lipinski definition) is 2. The summed E-state index contributed by atoms with van der Waals surface area (Å²) in [6.45, 7) is 1.72. The smallest absolute Gasteiger partial charge is 0.256 e. The number of amides is 2. The Morgan fingerprint density at radius 3 is 2.00 bits per heavy atom. The maximum absolute atomic E-state index is 12.9. The predicted octanol–water partition coefficient (Wildman–Crippen LogP) is 3.63. The van der Waals surface area contributed by atoms with Crippen LogP contribution in [-0.4, -0.2) is 17.0 Å². The minimum absolute atomic E-state index is 0.320. The van der Waals surface area contributed by atoms with Crippen molar-refractivity contribution in [2.75, 3.05) is 10.6 Å². The molecule has 25 heavy (non-hydrogen) atoms. The molecule has 0 aliphatic heterocycles. The number of carbonyl (C=O) groups is 2. The van der Waals surface area contributed by atoms with Gasteiger partial charge >= 0.3 is 0 Å². The van der Waals surface area contributed by atoms with Crippen molar-refractivity contribution in [2.24, 2.45) is 0 Å². The Bertz CT molecular complexity index is 902. The molecule has 0 saturated heterocycles. The first-order valence-electron chi connectivity index (χ1n) is 7.43. The normalized spacial score (nSPS) is 10.3. The van der Waals surface area contributed by atoms with Gasteiger partial charge in [0, 0.05) is 22.9 Å². The molecule has 3 aromatic rings. The van der Waals surface area contributed by atoms with E-state index in [1.807, 2.05) is 0 Å². The van der Waals surface area contributed by atoms with Gasteiger partial charge in [0.15, 0.2) is 5.82 Å². The van der Waals surface area contributed by atoms with Crippen LogP contribution >= 0.6 is 0 Å². The Morgan fingerprint density at radius 2 is 1.48 bits per heavy atom. The van der Waals surface area contributed by atoms with Gasteiger partial charge in [-0.2, -0.15) is 0 Å². The Kier molecular flexibility index (Phi) is 4.56. The van der Waals surface area contributed by atoms with Crippen molar-refractivity contribution in [1.82, 2.24) is 5.16 Å². The average molecular weight is 339 g/mol. The number of benzene rings is 2. The summed E-state index contributed by atoms with van der Waals surface area (Å²) in [7, 11) is 0. The van der Waals surface area contributed by atoms with Crippen molar-refractivity contribution in [3.8, 4) is 0 Å². The predicted molar refractivity (Wildman–Crippen MR) is 90.0 cm³/mol. The first kappa shape index (κ1) is 16.4. The topological polar surface area (TPSA) is 84.2 Å². The van der Waals surface area contributed by atoms with E-state index in [0.717, 1.165) is 0 Å². The van der Waals surface area contributed by atoms with Crippen LogP contribution in [0.5, 0.6) is 0 Å². The van der Waals surface area contributed by atoms with Gasteiger partial charge in [-0.25, -0.2) is 4.39 Å². The molecule has 2 amide bonds. The summed E-state index contributed by atoms with van der Waals surface area (Å²) in [4.78, 5) is 24.2. The van der Waals surface area contributed by atoms with Crippen LogP contribution < -0.4 is 10.6 Å². The molecule has 0 bridgehead atoms. The monoisotopic (exact) mass is 339 g/mol. The molecule has 6 nitrogen and oxygen atoms in total. The number of rotatable bonds is 4. The molecular weight excluding hydrogens is 325 g/mol. The summed E-state index contributed by atoms with van der Waals surface area (Å²) in [5.74, 6) is -0.191. The highest BCUT2D eigenvalue weighted by atomic mass is 19.1. The fourth-order valence-corrected chi connectivity index (χ4v) is 2.12. The second-order valence-electron chi connectivity index (χ2n) is 5.32. The van der Waals surface area contributed by atoms with Crippen LogP contribution in [0, 0.1) is 12.7 Å². The molecule has 0 aliphatic carbocycles. The van der Waals surface area contributed by atoms with E-state index in [2.05, 4.69) is 15.8 Å². The van der Waals surface area contributed by atoms with E-state index in [0.29, 0.717) is 28.4 Å². The molecule has 0 radical (unpaired) electrons. The summed E-state index contributed by atoms with van der Waals surface area (Å²) in [5, 5.41) is 8.92. The van der Waals surface area contributed by atoms with Crippen LogP contribution in [0.4, 0.5) is 15.9 Å². The molecule has 0 fully saturated rings. The third-order valence-electron chi connectivity index (χ3n) is 3.38. The van der Waals surface area contributed by atoms with Gasteiger partial charge < -0.3 is 15.2 Å². The highest BCUT2D eigenvalue weighted by molar-refractivity contribution is 6.06. The van der Waals surface area contributed by atoms with Crippen LogP contribution in [0.1, 0.15) is 26.5 Å². The summed E-state index contributed by atoms with van der Waals surface area (Å²) < 4.78 is 17.7. The molecule has 1 heterocycles. The maximum atomic E-state index is 12.9. The molecule has 0 atom stereocenters. The van der Waals surface area contributed by atoms with Gasteiger partial charge in [-0.1, -0.05) is 5.16 Å². The Hall–Kier alpha value is -3.48. The van der Waals surface area contributed by atoms with Gasteiger partial charge in [0.1, 0.15) is 11.6 Å². The van der Waals surface area contributed by atoms with Crippen LogP contribution in [-0.2, 0) is 0 Å². The lowest BCUT2D eigenvalue weighted by atomic mass is 10.1. The fourth-order valence-electron chi connectivity index (χ4n) is 2.12. The first-order valence-corrected chi connectivity index (χ1v) is 7.43. The molecule has 0 unspecified atom stereocenters. The Balaban J connectivity index is 1.65. The molecule has 7 heteroatoms. The summed E-state index contributed by atoms with van der Waals surface area (Å²) in [6.07, 6.45) is 0. The lowest BCUT2D eigenvalue weighted by molar-refractivity contribution is 0.101. The van der Waals surface area contributed by atoms with Gasteiger partial charge in [-0.05, 0) is 55.5 Å². The lowest BCUT2D eigenvalue weighted by Crippen LogP contribution is -2.14. The minimum Gasteiger partial charge on any atom is -0.360 e. The van der Waals surface area contributed by atoms with Gasteiger partial charge in [0.25, 0.3) is 11.8 Å². The molecule has 126 valence electrons. The number of nitrogens with one attached hydrogen (secondary N) is 2. The zero-order valence-corrected chi connectivity index (χ0v) is 13.2. The summed E-state index contributed by atoms with van der Waals surface area (Å²) in [5.41, 5.74) is 1.23. The zero-order chi connectivity index (χ0) is 17.8. The number of aromatic nitrogens is 1. The number of carbonyl (C=O) groups excluding carboxylic acids is 2. The number of anilines is 2. The molecule has 0 aliphatic rings. The average Bonchev–Trinajstić information content (AvgIpc) is 3.02. The number of nitrogens with zero attached hydrogens (tertiary/aromatic N) is 1. The van der Waals surface area contributed by atoms with Crippen molar-refractivity contribution in [3.05, 3.63) is 77.3 Å². The fraction of sp³-hybridized carbons (Fsp3) is 0.0556. The van der Waals surface area contributed by atoms with Gasteiger partial charge in [0.05, 0.1) is 0 Å². The first-order chi connectivity index (χ1) is 12.0. The largest absolute Gasteiger partial charge is 0.360 e. The summed E-state index contributed by atoms with van der Waals surface area (Å²) >= 11 is 0. The second kappa shape index (κ2) is 6.96. The Morgan fingerprint density at radius 1 is 0.920 bits per heavy atom. The third kappa shape index (κ3) is 4.08. The van der Waals surface area contributed by atoms with Crippen molar-refractivity contribution in [3.63, 3.8) is 0 Å². The van der Waals surface area contributed by atoms with E-state index >= 15 is 0 Å². The van der Waals surface area contributed by atoms with Gasteiger partial charge in [0.2, 0.25) is 0 Å². The standard InChI is InChI=1S/C18H14FN3O3/c1-11-10-16(22-25-11)21-18(24)13-4-2-12(3-5-13)17(23)20-15-8-6-14(19)7-9-15/h2-10H,1H3,(H,20,23)(H,21,22,24). The quantitative estimate of drug-likeness (QED) is 0.760. The van der Waals surface area contributed by atoms with Crippen molar-refractivity contribution < 1.29 is 18.5 Å². The second-order valence-corrected chi connectivity index (χ2v) is 5.32. The van der Waals surface area contributed by atoms with Crippen molar-refractivity contribution in [2.45, 2.75) is 6.92 Å². The van der Waals surface area contributed by atoms with Gasteiger partial charge in [-0.3, -0.25) is 9.59 Å². The van der Waals surface area contributed by atoms with Crippen LogP contribution in [0.15, 0.2) is 59.1 Å². The van der Waals surface area contributed by atoms with Crippen molar-refractivity contribution in [1.29, 1.82) is 0 Å². The SMILES string of the molecule is Cc1cc(NC(=O)c2ccc(C(=O)Nc3ccc(F)cc3)cc2)no1. The van der Waals surface area contributed by atoms with E-state index in [1.54, 1.807) is 13.0 Å². The minimum atomic E-state index is -0.379. The van der Waals surface area contributed by atoms with E-state index in [9.17, 15) is 14.0 Å². The maximum Gasteiger partial charge on any atom is 0.256 e. The molecule has 2 aromatic carbocycles. The molecule has 0 spiro atoms. The van der Waals surface area contributed by atoms with Crippen LogP contribution in [0.2, 0.25) is 0 Å². The Labute approximate surface area is 142 Å². The van der Waals surface area contributed by atoms with E-state index in [1.165, 1.54) is 48.5 Å². The molecule has 1 aromatic heterocycles. The molecule has 3 rings (SSSR count). The zero-order valence-electron chi connectivity index (χ0n) is 13.2. The van der Waals surface area contributed by atoms with E-state index < -0.39 is 0 Å². The molecular formula is C18H14FN3O3. The third-order valence-corrected chi connectivity index (χ3v) is 3.38. The lowest BCUT2D eigenvalue weighted by Gasteiger charge is -2.06.